The highest BCUT2D eigenvalue weighted by molar-refractivity contribution is 7.17. The summed E-state index contributed by atoms with van der Waals surface area (Å²) in [5, 5.41) is 6.78. The number of thiophene rings is 1. The molecule has 0 atom stereocenters. The largest absolute Gasteiger partial charge is 0.316 e. The molecule has 1 nitrogen and oxygen atoms in total. The van der Waals surface area contributed by atoms with Gasteiger partial charge in [0.1, 0.15) is 0 Å². The van der Waals surface area contributed by atoms with Gasteiger partial charge in [-0.05, 0) is 48.0 Å². The molecule has 68 valence electrons. The minimum absolute atomic E-state index is 0.950. The van der Waals surface area contributed by atoms with Crippen molar-refractivity contribution in [2.45, 2.75) is 13.5 Å². The lowest BCUT2D eigenvalue weighted by Gasteiger charge is -2.00. The predicted octanol–water partition coefficient (Wildman–Crippen LogP) is 2.93. The Bertz CT molecular complexity index is 417. The van der Waals surface area contributed by atoms with Gasteiger partial charge in [0.05, 0.1) is 0 Å². The fourth-order valence-electron chi connectivity index (χ4n) is 1.52. The third-order valence-electron chi connectivity index (χ3n) is 2.21. The summed E-state index contributed by atoms with van der Waals surface area (Å²) in [5.41, 5.74) is 2.74. The molecule has 0 aliphatic carbocycles. The first-order valence-electron chi connectivity index (χ1n) is 4.42. The van der Waals surface area contributed by atoms with Gasteiger partial charge >= 0.3 is 0 Å². The van der Waals surface area contributed by atoms with Crippen molar-refractivity contribution in [2.75, 3.05) is 7.05 Å². The van der Waals surface area contributed by atoms with Crippen molar-refractivity contribution < 1.29 is 0 Å². The molecular weight excluding hydrogens is 178 g/mol. The molecule has 0 saturated carbocycles. The van der Waals surface area contributed by atoms with Gasteiger partial charge in [0.2, 0.25) is 0 Å². The molecule has 2 rings (SSSR count). The SMILES string of the molecule is CNCc1ccc2scc(C)c2c1. The molecule has 1 aromatic heterocycles. The zero-order valence-electron chi connectivity index (χ0n) is 7.92. The maximum absolute atomic E-state index is 3.16. The van der Waals surface area contributed by atoms with Crippen LogP contribution in [-0.2, 0) is 6.54 Å². The Kier molecular flexibility index (Phi) is 2.34. The van der Waals surface area contributed by atoms with Crippen LogP contribution in [0, 0.1) is 6.92 Å². The molecule has 0 amide bonds. The summed E-state index contributed by atoms with van der Waals surface area (Å²) in [4.78, 5) is 0. The van der Waals surface area contributed by atoms with Gasteiger partial charge in [-0.1, -0.05) is 6.07 Å². The van der Waals surface area contributed by atoms with E-state index in [4.69, 9.17) is 0 Å². The normalized spacial score (nSPS) is 10.9. The van der Waals surface area contributed by atoms with E-state index in [9.17, 15) is 0 Å². The highest BCUT2D eigenvalue weighted by Crippen LogP contribution is 2.26. The summed E-state index contributed by atoms with van der Waals surface area (Å²) in [6, 6.07) is 6.67. The second kappa shape index (κ2) is 3.48. The van der Waals surface area contributed by atoms with Crippen molar-refractivity contribution >= 4 is 21.4 Å². The third kappa shape index (κ3) is 1.60. The zero-order valence-corrected chi connectivity index (χ0v) is 8.74. The minimum atomic E-state index is 0.950. The van der Waals surface area contributed by atoms with Crippen molar-refractivity contribution in [2.24, 2.45) is 0 Å². The standard InChI is InChI=1S/C11H13NS/c1-8-7-13-11-4-3-9(6-12-2)5-10(8)11/h3-5,7,12H,6H2,1-2H3. The molecular formula is C11H13NS. The number of rotatable bonds is 2. The highest BCUT2D eigenvalue weighted by Gasteiger charge is 2.00. The fourth-order valence-corrected chi connectivity index (χ4v) is 2.44. The summed E-state index contributed by atoms with van der Waals surface area (Å²) in [7, 11) is 1.98. The van der Waals surface area contributed by atoms with Crippen molar-refractivity contribution in [3.8, 4) is 0 Å². The van der Waals surface area contributed by atoms with Crippen molar-refractivity contribution in [3.63, 3.8) is 0 Å². The molecule has 0 aliphatic rings. The number of fused-ring (bicyclic) bond motifs is 1. The Labute approximate surface area is 82.4 Å². The third-order valence-corrected chi connectivity index (χ3v) is 3.29. The van der Waals surface area contributed by atoms with Gasteiger partial charge in [-0.3, -0.25) is 0 Å². The van der Waals surface area contributed by atoms with E-state index in [1.54, 1.807) is 0 Å². The van der Waals surface area contributed by atoms with Crippen LogP contribution in [0.1, 0.15) is 11.1 Å². The van der Waals surface area contributed by atoms with E-state index in [1.165, 1.54) is 21.2 Å². The molecule has 0 unspecified atom stereocenters. The molecule has 0 spiro atoms. The topological polar surface area (TPSA) is 12.0 Å². The lowest BCUT2D eigenvalue weighted by molar-refractivity contribution is 0.819. The Morgan fingerprint density at radius 1 is 1.38 bits per heavy atom. The number of aryl methyl sites for hydroxylation is 1. The molecule has 0 radical (unpaired) electrons. The molecule has 0 fully saturated rings. The van der Waals surface area contributed by atoms with Crippen LogP contribution < -0.4 is 5.32 Å². The molecule has 0 aliphatic heterocycles. The molecule has 1 aromatic carbocycles. The van der Waals surface area contributed by atoms with Crippen LogP contribution in [0.3, 0.4) is 0 Å². The average Bonchev–Trinajstić information content (AvgIpc) is 2.49. The van der Waals surface area contributed by atoms with Crippen LogP contribution in [0.15, 0.2) is 23.6 Å². The van der Waals surface area contributed by atoms with E-state index < -0.39 is 0 Å². The number of benzene rings is 1. The Balaban J connectivity index is 2.53. The first kappa shape index (κ1) is 8.73. The van der Waals surface area contributed by atoms with Gasteiger partial charge in [0.15, 0.2) is 0 Å². The summed E-state index contributed by atoms with van der Waals surface area (Å²) in [6.07, 6.45) is 0. The van der Waals surface area contributed by atoms with Crippen LogP contribution in [0.25, 0.3) is 10.1 Å². The molecule has 1 N–H and O–H groups in total. The number of nitrogens with one attached hydrogen (secondary N) is 1. The lowest BCUT2D eigenvalue weighted by Crippen LogP contribution is -2.04. The Morgan fingerprint density at radius 2 is 2.23 bits per heavy atom. The van der Waals surface area contributed by atoms with Crippen LogP contribution in [0.2, 0.25) is 0 Å². The van der Waals surface area contributed by atoms with Crippen molar-refractivity contribution in [1.29, 1.82) is 0 Å². The predicted molar refractivity (Wildman–Crippen MR) is 59.3 cm³/mol. The quantitative estimate of drug-likeness (QED) is 0.769. The maximum atomic E-state index is 3.16. The Morgan fingerprint density at radius 3 is 3.00 bits per heavy atom. The lowest BCUT2D eigenvalue weighted by atomic mass is 10.1. The summed E-state index contributed by atoms with van der Waals surface area (Å²) >= 11 is 1.82. The van der Waals surface area contributed by atoms with E-state index in [2.05, 4.69) is 35.8 Å². The molecule has 2 aromatic rings. The summed E-state index contributed by atoms with van der Waals surface area (Å²) in [6.45, 7) is 3.12. The van der Waals surface area contributed by atoms with Gasteiger partial charge < -0.3 is 5.32 Å². The first-order chi connectivity index (χ1) is 6.31. The Hall–Kier alpha value is -0.860. The maximum Gasteiger partial charge on any atom is 0.0345 e. The van der Waals surface area contributed by atoms with E-state index >= 15 is 0 Å². The first-order valence-corrected chi connectivity index (χ1v) is 5.30. The molecule has 13 heavy (non-hydrogen) atoms. The second-order valence-electron chi connectivity index (χ2n) is 3.28. The molecule has 0 saturated heterocycles. The van der Waals surface area contributed by atoms with E-state index in [1.807, 2.05) is 18.4 Å². The van der Waals surface area contributed by atoms with E-state index in [0.29, 0.717) is 0 Å². The highest BCUT2D eigenvalue weighted by atomic mass is 32.1. The average molecular weight is 191 g/mol. The fraction of sp³-hybridized carbons (Fsp3) is 0.273. The second-order valence-corrected chi connectivity index (χ2v) is 4.19. The zero-order chi connectivity index (χ0) is 9.26. The minimum Gasteiger partial charge on any atom is -0.316 e. The summed E-state index contributed by atoms with van der Waals surface area (Å²) < 4.78 is 1.39. The van der Waals surface area contributed by atoms with Crippen LogP contribution >= 0.6 is 11.3 Å². The number of hydrogen-bond acceptors (Lipinski definition) is 2. The van der Waals surface area contributed by atoms with Crippen LogP contribution in [0.4, 0.5) is 0 Å². The van der Waals surface area contributed by atoms with E-state index in [-0.39, 0.29) is 0 Å². The van der Waals surface area contributed by atoms with Gasteiger partial charge in [-0.15, -0.1) is 11.3 Å². The van der Waals surface area contributed by atoms with Gasteiger partial charge in [-0.25, -0.2) is 0 Å². The van der Waals surface area contributed by atoms with Gasteiger partial charge in [-0.2, -0.15) is 0 Å². The smallest absolute Gasteiger partial charge is 0.0345 e. The van der Waals surface area contributed by atoms with Crippen LogP contribution in [-0.4, -0.2) is 7.05 Å². The van der Waals surface area contributed by atoms with Crippen molar-refractivity contribution in [1.82, 2.24) is 5.32 Å². The van der Waals surface area contributed by atoms with E-state index in [0.717, 1.165) is 6.54 Å². The molecule has 1 heterocycles. The monoisotopic (exact) mass is 191 g/mol. The van der Waals surface area contributed by atoms with Gasteiger partial charge in [0.25, 0.3) is 0 Å². The molecule has 0 bridgehead atoms. The van der Waals surface area contributed by atoms with Crippen LogP contribution in [0.5, 0.6) is 0 Å². The van der Waals surface area contributed by atoms with Crippen molar-refractivity contribution in [3.05, 3.63) is 34.7 Å². The summed E-state index contributed by atoms with van der Waals surface area (Å²) in [5.74, 6) is 0. The number of hydrogen-bond donors (Lipinski definition) is 1. The molecule has 2 heteroatoms. The van der Waals surface area contributed by atoms with Gasteiger partial charge in [0, 0.05) is 11.2 Å².